The van der Waals surface area contributed by atoms with Gasteiger partial charge in [0.25, 0.3) is 0 Å². The maximum atomic E-state index is 13.5. The lowest BCUT2D eigenvalue weighted by molar-refractivity contribution is 0.103. The minimum atomic E-state index is -3.29. The molecular weight excluding hydrogens is 462 g/mol. The molecule has 0 amide bonds. The minimum absolute atomic E-state index is 0.0783. The first-order valence-electron chi connectivity index (χ1n) is 11.4. The molecule has 35 heavy (non-hydrogen) atoms. The van der Waals surface area contributed by atoms with Crippen LogP contribution in [-0.4, -0.2) is 45.9 Å². The lowest BCUT2D eigenvalue weighted by Gasteiger charge is -2.16. The van der Waals surface area contributed by atoms with E-state index < -0.39 is 15.8 Å². The van der Waals surface area contributed by atoms with Gasteiger partial charge < -0.3 is 5.11 Å². The fraction of sp³-hybridized carbons (Fsp3) is 0.222. The average molecular weight is 488 g/mol. The third-order valence-electron chi connectivity index (χ3n) is 6.18. The zero-order chi connectivity index (χ0) is 24.6. The molecule has 2 aromatic heterocycles. The fourth-order valence-electron chi connectivity index (χ4n) is 4.49. The molecule has 0 unspecified atom stereocenters. The summed E-state index contributed by atoms with van der Waals surface area (Å²) in [5, 5.41) is 11.5. The molecule has 7 nitrogen and oxygen atoms in total. The van der Waals surface area contributed by atoms with E-state index in [1.807, 2.05) is 49.4 Å². The smallest absolute Gasteiger partial charge is 0.215 e. The van der Waals surface area contributed by atoms with Crippen molar-refractivity contribution in [3.05, 3.63) is 101 Å². The summed E-state index contributed by atoms with van der Waals surface area (Å²) in [7, 11) is -3.29. The van der Waals surface area contributed by atoms with Crippen LogP contribution in [0.4, 0.5) is 0 Å². The molecule has 2 aromatic carbocycles. The molecule has 5 rings (SSSR count). The number of ketones is 1. The normalized spacial score (nSPS) is 15.5. The monoisotopic (exact) mass is 487 g/mol. The van der Waals surface area contributed by atoms with Crippen molar-refractivity contribution in [2.75, 3.05) is 12.3 Å². The van der Waals surface area contributed by atoms with Crippen LogP contribution in [0.3, 0.4) is 0 Å². The first-order valence-corrected chi connectivity index (χ1v) is 13.0. The average Bonchev–Trinajstić information content (AvgIpc) is 3.16. The zero-order valence-corrected chi connectivity index (χ0v) is 20.1. The molecule has 1 N–H and O–H groups in total. The van der Waals surface area contributed by atoms with E-state index in [1.165, 1.54) is 10.5 Å². The molecule has 178 valence electrons. The summed E-state index contributed by atoms with van der Waals surface area (Å²) in [6.07, 6.45) is 4.35. The number of nitrogens with zero attached hydrogens (tertiary/aromatic N) is 3. The van der Waals surface area contributed by atoms with Gasteiger partial charge in [0.2, 0.25) is 15.8 Å². The van der Waals surface area contributed by atoms with Crippen molar-refractivity contribution in [3.63, 3.8) is 0 Å². The predicted octanol–water partition coefficient (Wildman–Crippen LogP) is 4.00. The Balaban J connectivity index is 1.55. The molecule has 8 heteroatoms. The molecule has 1 aliphatic heterocycles. The molecule has 0 radical (unpaired) electrons. The van der Waals surface area contributed by atoms with Crippen molar-refractivity contribution in [2.45, 2.75) is 26.3 Å². The van der Waals surface area contributed by atoms with E-state index in [9.17, 15) is 18.3 Å². The quantitative estimate of drug-likeness (QED) is 0.413. The molecule has 0 atom stereocenters. The zero-order valence-electron chi connectivity index (χ0n) is 19.3. The Kier molecular flexibility index (Phi) is 6.08. The number of carbonyl (C=O) groups excluding carboxylic acids is 1. The van der Waals surface area contributed by atoms with Crippen molar-refractivity contribution in [1.29, 1.82) is 0 Å². The van der Waals surface area contributed by atoms with Gasteiger partial charge in [-0.2, -0.15) is 4.31 Å². The number of sulfonamides is 1. The van der Waals surface area contributed by atoms with E-state index in [0.29, 0.717) is 35.9 Å². The number of aromatic hydroxyl groups is 1. The minimum Gasteiger partial charge on any atom is -0.504 e. The topological polar surface area (TPSA) is 100 Å². The summed E-state index contributed by atoms with van der Waals surface area (Å²) in [6.45, 7) is 2.55. The maximum absolute atomic E-state index is 13.5. The number of aromatic nitrogens is 2. The van der Waals surface area contributed by atoms with E-state index >= 15 is 0 Å². The molecule has 1 aliphatic rings. The van der Waals surface area contributed by atoms with Gasteiger partial charge in [-0.05, 0) is 60.2 Å². The van der Waals surface area contributed by atoms with Crippen molar-refractivity contribution in [3.8, 4) is 5.75 Å². The van der Waals surface area contributed by atoms with Crippen molar-refractivity contribution >= 4 is 26.7 Å². The molecule has 0 spiro atoms. The fourth-order valence-corrected chi connectivity index (χ4v) is 5.99. The summed E-state index contributed by atoms with van der Waals surface area (Å²) in [5.41, 5.74) is 4.18. The van der Waals surface area contributed by atoms with Crippen LogP contribution in [0.15, 0.2) is 67.0 Å². The molecule has 1 saturated heterocycles. The van der Waals surface area contributed by atoms with E-state index in [1.54, 1.807) is 18.3 Å². The molecule has 0 bridgehead atoms. The predicted molar refractivity (Wildman–Crippen MR) is 134 cm³/mol. The van der Waals surface area contributed by atoms with Gasteiger partial charge >= 0.3 is 0 Å². The van der Waals surface area contributed by atoms with Crippen LogP contribution in [0.2, 0.25) is 0 Å². The Bertz CT molecular complexity index is 1540. The van der Waals surface area contributed by atoms with Crippen LogP contribution in [0, 0.1) is 6.92 Å². The van der Waals surface area contributed by atoms with Gasteiger partial charge in [-0.3, -0.25) is 9.78 Å². The highest BCUT2D eigenvalue weighted by Crippen LogP contribution is 2.29. The van der Waals surface area contributed by atoms with Crippen LogP contribution in [-0.2, 0) is 23.0 Å². The number of hydrogen-bond donors (Lipinski definition) is 1. The van der Waals surface area contributed by atoms with Gasteiger partial charge in [0.05, 0.1) is 5.75 Å². The molecular formula is C27H25N3O4S. The van der Waals surface area contributed by atoms with Gasteiger partial charge in [0.15, 0.2) is 11.4 Å². The van der Waals surface area contributed by atoms with Gasteiger partial charge in [-0.1, -0.05) is 36.4 Å². The number of rotatable bonds is 6. The van der Waals surface area contributed by atoms with E-state index in [2.05, 4.69) is 9.97 Å². The first-order chi connectivity index (χ1) is 16.8. The standard InChI is InChI=1S/C27H25N3O4S/c1-18-10-23-16-29-25(27(32)24(23)28-15-18)26(31)22-13-20(11-19-6-3-2-4-7-19)12-21(14-22)17-30-8-5-9-35(30,33)34/h2-4,6-7,10,12-16,32H,5,8-9,11,17H2,1H3. The maximum Gasteiger partial charge on any atom is 0.215 e. The van der Waals surface area contributed by atoms with Crippen molar-refractivity contribution in [2.24, 2.45) is 0 Å². The highest BCUT2D eigenvalue weighted by molar-refractivity contribution is 7.89. The van der Waals surface area contributed by atoms with Crippen LogP contribution < -0.4 is 0 Å². The largest absolute Gasteiger partial charge is 0.504 e. The number of carbonyl (C=O) groups is 1. The van der Waals surface area contributed by atoms with E-state index in [-0.39, 0.29) is 23.7 Å². The lowest BCUT2D eigenvalue weighted by Crippen LogP contribution is -2.25. The summed E-state index contributed by atoms with van der Waals surface area (Å²) < 4.78 is 26.2. The molecule has 0 saturated carbocycles. The second kappa shape index (κ2) is 9.20. The van der Waals surface area contributed by atoms with Crippen LogP contribution >= 0.6 is 0 Å². The SMILES string of the molecule is Cc1cnc2c(O)c(C(=O)c3cc(Cc4ccccc4)cc(CN4CCCS4(=O)=O)c3)ncc2c1. The molecule has 4 aromatic rings. The van der Waals surface area contributed by atoms with Crippen LogP contribution in [0.1, 0.15) is 44.7 Å². The Hall–Kier alpha value is -3.62. The Labute approximate surface area is 204 Å². The summed E-state index contributed by atoms with van der Waals surface area (Å²) in [4.78, 5) is 22.0. The third-order valence-corrected chi connectivity index (χ3v) is 8.08. The summed E-state index contributed by atoms with van der Waals surface area (Å²) in [6, 6.07) is 17.1. The number of pyridine rings is 2. The van der Waals surface area contributed by atoms with Crippen LogP contribution in [0.5, 0.6) is 5.75 Å². The molecule has 3 heterocycles. The third kappa shape index (κ3) is 4.80. The van der Waals surface area contributed by atoms with Gasteiger partial charge in [-0.15, -0.1) is 0 Å². The Morgan fingerprint density at radius 1 is 1.00 bits per heavy atom. The molecule has 1 fully saturated rings. The van der Waals surface area contributed by atoms with E-state index in [4.69, 9.17) is 0 Å². The van der Waals surface area contributed by atoms with Gasteiger partial charge in [0.1, 0.15) is 5.52 Å². The molecule has 0 aliphatic carbocycles. The Morgan fingerprint density at radius 2 is 1.77 bits per heavy atom. The second-order valence-electron chi connectivity index (χ2n) is 8.94. The van der Waals surface area contributed by atoms with Gasteiger partial charge in [-0.25, -0.2) is 13.4 Å². The van der Waals surface area contributed by atoms with Crippen LogP contribution in [0.25, 0.3) is 10.9 Å². The number of hydrogen-bond acceptors (Lipinski definition) is 6. The number of fused-ring (bicyclic) bond motifs is 1. The van der Waals surface area contributed by atoms with E-state index in [0.717, 1.165) is 22.3 Å². The van der Waals surface area contributed by atoms with Crippen molar-refractivity contribution in [1.82, 2.24) is 14.3 Å². The Morgan fingerprint density at radius 3 is 2.51 bits per heavy atom. The first kappa shape index (κ1) is 23.1. The van der Waals surface area contributed by atoms with Crippen molar-refractivity contribution < 1.29 is 18.3 Å². The van der Waals surface area contributed by atoms with Gasteiger partial charge in [0, 0.05) is 36.4 Å². The highest BCUT2D eigenvalue weighted by atomic mass is 32.2. The summed E-state index contributed by atoms with van der Waals surface area (Å²) in [5.74, 6) is -0.555. The highest BCUT2D eigenvalue weighted by Gasteiger charge is 2.28. The lowest BCUT2D eigenvalue weighted by atomic mass is 9.96. The number of aryl methyl sites for hydroxylation is 1. The number of benzene rings is 2. The second-order valence-corrected chi connectivity index (χ2v) is 11.0. The summed E-state index contributed by atoms with van der Waals surface area (Å²) >= 11 is 0.